The molecule has 1 aromatic carbocycles. The predicted molar refractivity (Wildman–Crippen MR) is 71.4 cm³/mol. The van der Waals surface area contributed by atoms with E-state index in [1.54, 1.807) is 0 Å². The molecule has 0 aliphatic carbocycles. The van der Waals surface area contributed by atoms with Gasteiger partial charge in [-0.3, -0.25) is 0 Å². The van der Waals surface area contributed by atoms with Gasteiger partial charge in [0.05, 0.1) is 11.3 Å². The highest BCUT2D eigenvalue weighted by atomic mass is 19.4. The summed E-state index contributed by atoms with van der Waals surface area (Å²) < 4.78 is 42.6. The van der Waals surface area contributed by atoms with Gasteiger partial charge < -0.3 is 9.63 Å². The maximum atomic E-state index is 12.7. The molecule has 3 aromatic rings. The van der Waals surface area contributed by atoms with Gasteiger partial charge in [-0.05, 0) is 12.1 Å². The summed E-state index contributed by atoms with van der Waals surface area (Å²) in [6.07, 6.45) is -2.69. The zero-order valence-electron chi connectivity index (χ0n) is 11.3. The normalized spacial score (nSPS) is 11.6. The third-order valence-electron chi connectivity index (χ3n) is 3.11. The Kier molecular flexibility index (Phi) is 3.40. The number of aromatic nitrogens is 3. The molecule has 0 aliphatic heterocycles. The largest absolute Gasteiger partial charge is 0.504 e. The first-order valence-electron chi connectivity index (χ1n) is 6.28. The first kappa shape index (κ1) is 14.8. The summed E-state index contributed by atoms with van der Waals surface area (Å²) in [7, 11) is 0. The van der Waals surface area contributed by atoms with Crippen molar-refractivity contribution in [2.75, 3.05) is 0 Å². The number of aromatic carboxylic acids is 1. The average molecular weight is 323 g/mol. The lowest BCUT2D eigenvalue weighted by Crippen LogP contribution is -2.17. The molecule has 2 heterocycles. The first-order chi connectivity index (χ1) is 10.9. The Morgan fingerprint density at radius 2 is 1.96 bits per heavy atom. The van der Waals surface area contributed by atoms with Gasteiger partial charge in [0.1, 0.15) is 12.0 Å². The molecule has 0 atom stereocenters. The molecule has 0 bridgehead atoms. The van der Waals surface area contributed by atoms with Gasteiger partial charge in [-0.15, -0.1) is 13.2 Å². The molecule has 0 unspecified atom stereocenters. The minimum absolute atomic E-state index is 0.0388. The van der Waals surface area contributed by atoms with Crippen LogP contribution in [0.15, 0.2) is 47.3 Å². The van der Waals surface area contributed by atoms with Crippen LogP contribution in [-0.4, -0.2) is 26.0 Å². The standard InChI is InChI=1S/C14H8F3N3O3/c15-14(16,17)20-6-4-11(18-20)12-8(10-5-7-23-19-10)2-1-3-9(12)13(21)22/h1-7H,(H,21,22). The van der Waals surface area contributed by atoms with Crippen molar-refractivity contribution >= 4 is 5.97 Å². The number of alkyl halides is 3. The van der Waals surface area contributed by atoms with Gasteiger partial charge in [-0.2, -0.15) is 9.78 Å². The fourth-order valence-corrected chi connectivity index (χ4v) is 2.17. The Morgan fingerprint density at radius 1 is 1.17 bits per heavy atom. The number of hydrogen-bond donors (Lipinski definition) is 1. The van der Waals surface area contributed by atoms with Crippen LogP contribution in [0.5, 0.6) is 0 Å². The fraction of sp³-hybridized carbons (Fsp3) is 0.0714. The van der Waals surface area contributed by atoms with Crippen LogP contribution in [0, 0.1) is 0 Å². The lowest BCUT2D eigenvalue weighted by Gasteiger charge is -2.09. The van der Waals surface area contributed by atoms with Crippen LogP contribution < -0.4 is 0 Å². The number of halogens is 3. The maximum absolute atomic E-state index is 12.7. The maximum Gasteiger partial charge on any atom is 0.504 e. The molecule has 0 fully saturated rings. The molecule has 0 amide bonds. The van der Waals surface area contributed by atoms with Crippen molar-refractivity contribution in [2.24, 2.45) is 0 Å². The van der Waals surface area contributed by atoms with Crippen molar-refractivity contribution in [2.45, 2.75) is 6.30 Å². The van der Waals surface area contributed by atoms with Crippen LogP contribution in [0.2, 0.25) is 0 Å². The lowest BCUT2D eigenvalue weighted by atomic mass is 9.96. The molecule has 6 nitrogen and oxygen atoms in total. The van der Waals surface area contributed by atoms with Gasteiger partial charge >= 0.3 is 12.3 Å². The van der Waals surface area contributed by atoms with E-state index in [-0.39, 0.29) is 21.5 Å². The molecule has 23 heavy (non-hydrogen) atoms. The highest BCUT2D eigenvalue weighted by Crippen LogP contribution is 2.34. The number of hydrogen-bond acceptors (Lipinski definition) is 4. The van der Waals surface area contributed by atoms with Gasteiger partial charge in [0, 0.05) is 23.4 Å². The van der Waals surface area contributed by atoms with E-state index < -0.39 is 12.3 Å². The summed E-state index contributed by atoms with van der Waals surface area (Å²) in [5.41, 5.74) is 0.337. The SMILES string of the molecule is O=C(O)c1cccc(-c2ccon2)c1-c1ccn(C(F)(F)F)n1. The minimum Gasteiger partial charge on any atom is -0.478 e. The molecule has 0 radical (unpaired) electrons. The highest BCUT2D eigenvalue weighted by molar-refractivity contribution is 6.00. The number of carboxylic acid groups (broad SMARTS) is 1. The van der Waals surface area contributed by atoms with E-state index in [1.165, 1.54) is 30.5 Å². The second-order valence-electron chi connectivity index (χ2n) is 4.53. The van der Waals surface area contributed by atoms with Crippen LogP contribution >= 0.6 is 0 Å². The molecule has 3 rings (SSSR count). The minimum atomic E-state index is -4.69. The number of carbonyl (C=O) groups is 1. The topological polar surface area (TPSA) is 81.1 Å². The van der Waals surface area contributed by atoms with Crippen LogP contribution in [0.25, 0.3) is 22.5 Å². The summed E-state index contributed by atoms with van der Waals surface area (Å²) in [6.45, 7) is 0. The van der Waals surface area contributed by atoms with Crippen molar-refractivity contribution in [3.05, 3.63) is 48.4 Å². The van der Waals surface area contributed by atoms with E-state index in [4.69, 9.17) is 4.52 Å². The first-order valence-corrected chi connectivity index (χ1v) is 6.28. The molecule has 0 spiro atoms. The Balaban J connectivity index is 2.24. The van der Waals surface area contributed by atoms with Crippen molar-refractivity contribution in [3.8, 4) is 22.5 Å². The zero-order chi connectivity index (χ0) is 16.6. The molecule has 1 N–H and O–H groups in total. The zero-order valence-corrected chi connectivity index (χ0v) is 11.3. The third-order valence-corrected chi connectivity index (χ3v) is 3.11. The van der Waals surface area contributed by atoms with Gasteiger partial charge in [0.2, 0.25) is 0 Å². The number of nitrogens with zero attached hydrogens (tertiary/aromatic N) is 3. The van der Waals surface area contributed by atoms with E-state index in [9.17, 15) is 23.1 Å². The van der Waals surface area contributed by atoms with E-state index >= 15 is 0 Å². The van der Waals surface area contributed by atoms with Crippen molar-refractivity contribution in [1.82, 2.24) is 14.9 Å². The van der Waals surface area contributed by atoms with Gasteiger partial charge in [0.15, 0.2) is 0 Å². The second kappa shape index (κ2) is 5.27. The van der Waals surface area contributed by atoms with Crippen LogP contribution in [-0.2, 0) is 6.30 Å². The number of benzene rings is 1. The number of carboxylic acids is 1. The van der Waals surface area contributed by atoms with Crippen LogP contribution in [0.4, 0.5) is 13.2 Å². The quantitative estimate of drug-likeness (QED) is 0.799. The summed E-state index contributed by atoms with van der Waals surface area (Å²) in [5, 5.41) is 16.5. The van der Waals surface area contributed by atoms with Crippen molar-refractivity contribution < 1.29 is 27.6 Å². The van der Waals surface area contributed by atoms with Gasteiger partial charge in [-0.25, -0.2) is 4.79 Å². The predicted octanol–water partition coefficient (Wildman–Crippen LogP) is 3.38. The molecule has 0 aliphatic rings. The fourth-order valence-electron chi connectivity index (χ4n) is 2.17. The molecule has 0 saturated carbocycles. The Labute approximate surface area is 126 Å². The van der Waals surface area contributed by atoms with Crippen molar-refractivity contribution in [1.29, 1.82) is 0 Å². The van der Waals surface area contributed by atoms with Gasteiger partial charge in [0.25, 0.3) is 0 Å². The number of rotatable bonds is 3. The summed E-state index contributed by atoms with van der Waals surface area (Å²) in [6, 6.07) is 6.86. The highest BCUT2D eigenvalue weighted by Gasteiger charge is 2.32. The second-order valence-corrected chi connectivity index (χ2v) is 4.53. The van der Waals surface area contributed by atoms with Crippen LogP contribution in [0.3, 0.4) is 0 Å². The van der Waals surface area contributed by atoms with E-state index in [1.807, 2.05) is 0 Å². The molecule has 0 saturated heterocycles. The van der Waals surface area contributed by atoms with Crippen molar-refractivity contribution in [3.63, 3.8) is 0 Å². The Hall–Kier alpha value is -3.10. The molecule has 118 valence electrons. The molecule has 2 aromatic heterocycles. The van der Waals surface area contributed by atoms with E-state index in [0.29, 0.717) is 11.3 Å². The van der Waals surface area contributed by atoms with Crippen LogP contribution in [0.1, 0.15) is 10.4 Å². The summed E-state index contributed by atoms with van der Waals surface area (Å²) in [5.74, 6) is -1.29. The monoisotopic (exact) mass is 323 g/mol. The smallest absolute Gasteiger partial charge is 0.478 e. The lowest BCUT2D eigenvalue weighted by molar-refractivity contribution is -0.212. The Morgan fingerprint density at radius 3 is 2.52 bits per heavy atom. The average Bonchev–Trinajstić information content (AvgIpc) is 3.17. The van der Waals surface area contributed by atoms with E-state index in [0.717, 1.165) is 12.3 Å². The van der Waals surface area contributed by atoms with E-state index in [2.05, 4.69) is 10.3 Å². The summed E-state index contributed by atoms with van der Waals surface area (Å²) in [4.78, 5) is 11.4. The van der Waals surface area contributed by atoms with Gasteiger partial charge in [-0.1, -0.05) is 17.3 Å². The third kappa shape index (κ3) is 2.68. The Bertz CT molecular complexity index is 854. The molecular weight excluding hydrogens is 315 g/mol. The molecular formula is C14H8F3N3O3. The summed E-state index contributed by atoms with van der Waals surface area (Å²) >= 11 is 0. The molecule has 9 heteroatoms.